The molecule has 1 aliphatic rings. The first-order valence-corrected chi connectivity index (χ1v) is 5.26. The Bertz CT molecular complexity index is 235. The SMILES string of the molecule is CCC=C(C)C(=O)N1CCC(CO)C1. The lowest BCUT2D eigenvalue weighted by Gasteiger charge is -2.16. The molecule has 1 unspecified atom stereocenters. The molecular formula is C11H19NO2. The monoisotopic (exact) mass is 197 g/mol. The zero-order valence-electron chi connectivity index (χ0n) is 8.99. The second-order valence-corrected chi connectivity index (χ2v) is 3.88. The molecule has 0 spiro atoms. The first kappa shape index (κ1) is 11.2. The van der Waals surface area contributed by atoms with Crippen molar-refractivity contribution in [1.82, 2.24) is 4.90 Å². The Morgan fingerprint density at radius 3 is 2.86 bits per heavy atom. The Morgan fingerprint density at radius 2 is 2.36 bits per heavy atom. The molecule has 0 aromatic rings. The lowest BCUT2D eigenvalue weighted by atomic mass is 10.1. The van der Waals surface area contributed by atoms with E-state index in [0.29, 0.717) is 6.54 Å². The van der Waals surface area contributed by atoms with Crippen LogP contribution in [0, 0.1) is 5.92 Å². The number of hydrogen-bond acceptors (Lipinski definition) is 2. The maximum atomic E-state index is 11.8. The summed E-state index contributed by atoms with van der Waals surface area (Å²) >= 11 is 0. The van der Waals surface area contributed by atoms with E-state index in [2.05, 4.69) is 0 Å². The van der Waals surface area contributed by atoms with Crippen LogP contribution in [0.15, 0.2) is 11.6 Å². The summed E-state index contributed by atoms with van der Waals surface area (Å²) in [6.45, 7) is 5.58. The normalized spacial score (nSPS) is 22.9. The summed E-state index contributed by atoms with van der Waals surface area (Å²) in [6.07, 6.45) is 3.78. The first-order chi connectivity index (χ1) is 6.69. The highest BCUT2D eigenvalue weighted by Gasteiger charge is 2.25. The van der Waals surface area contributed by atoms with Gasteiger partial charge in [-0.05, 0) is 19.8 Å². The van der Waals surface area contributed by atoms with E-state index in [1.165, 1.54) is 0 Å². The van der Waals surface area contributed by atoms with Crippen LogP contribution in [0.2, 0.25) is 0 Å². The second-order valence-electron chi connectivity index (χ2n) is 3.88. The summed E-state index contributed by atoms with van der Waals surface area (Å²) in [7, 11) is 0. The largest absolute Gasteiger partial charge is 0.396 e. The van der Waals surface area contributed by atoms with Crippen LogP contribution in [0.5, 0.6) is 0 Å². The van der Waals surface area contributed by atoms with Crippen molar-refractivity contribution in [3.8, 4) is 0 Å². The molecule has 0 aromatic heterocycles. The molecule has 3 nitrogen and oxygen atoms in total. The highest BCUT2D eigenvalue weighted by atomic mass is 16.3. The molecular weight excluding hydrogens is 178 g/mol. The molecule has 14 heavy (non-hydrogen) atoms. The van der Waals surface area contributed by atoms with Gasteiger partial charge in [0.2, 0.25) is 5.91 Å². The van der Waals surface area contributed by atoms with E-state index in [1.54, 1.807) is 0 Å². The first-order valence-electron chi connectivity index (χ1n) is 5.26. The summed E-state index contributed by atoms with van der Waals surface area (Å²) < 4.78 is 0. The second kappa shape index (κ2) is 5.15. The predicted octanol–water partition coefficient (Wildman–Crippen LogP) is 1.18. The maximum absolute atomic E-state index is 11.8. The standard InChI is InChI=1S/C11H19NO2/c1-3-4-9(2)11(14)12-6-5-10(7-12)8-13/h4,10,13H,3,5-8H2,1-2H3. The number of carbonyl (C=O) groups excluding carboxylic acids is 1. The van der Waals surface area contributed by atoms with E-state index in [1.807, 2.05) is 24.8 Å². The van der Waals surface area contributed by atoms with Crippen LogP contribution in [0.1, 0.15) is 26.7 Å². The van der Waals surface area contributed by atoms with E-state index in [-0.39, 0.29) is 18.4 Å². The molecule has 0 bridgehead atoms. The van der Waals surface area contributed by atoms with Gasteiger partial charge < -0.3 is 10.0 Å². The van der Waals surface area contributed by atoms with Crippen LogP contribution in [0.25, 0.3) is 0 Å². The fourth-order valence-electron chi connectivity index (χ4n) is 1.81. The van der Waals surface area contributed by atoms with Crippen molar-refractivity contribution in [2.45, 2.75) is 26.7 Å². The van der Waals surface area contributed by atoms with Crippen LogP contribution in [0.3, 0.4) is 0 Å². The molecule has 1 atom stereocenters. The number of allylic oxidation sites excluding steroid dienone is 1. The third-order valence-electron chi connectivity index (χ3n) is 2.68. The number of aliphatic hydroxyl groups excluding tert-OH is 1. The molecule has 0 saturated carbocycles. The number of aliphatic hydroxyl groups is 1. The van der Waals surface area contributed by atoms with E-state index < -0.39 is 0 Å². The van der Waals surface area contributed by atoms with E-state index in [4.69, 9.17) is 5.11 Å². The Hall–Kier alpha value is -0.830. The molecule has 1 amide bonds. The molecule has 1 fully saturated rings. The van der Waals surface area contributed by atoms with Crippen LogP contribution in [-0.2, 0) is 4.79 Å². The predicted molar refractivity (Wildman–Crippen MR) is 55.8 cm³/mol. The van der Waals surface area contributed by atoms with E-state index in [9.17, 15) is 4.79 Å². The van der Waals surface area contributed by atoms with Gasteiger partial charge in [-0.2, -0.15) is 0 Å². The fourth-order valence-corrected chi connectivity index (χ4v) is 1.81. The quantitative estimate of drug-likeness (QED) is 0.690. The van der Waals surface area contributed by atoms with Crippen molar-refractivity contribution < 1.29 is 9.90 Å². The summed E-state index contributed by atoms with van der Waals surface area (Å²) in [5, 5.41) is 8.95. The number of rotatable bonds is 3. The molecule has 1 heterocycles. The molecule has 1 aliphatic heterocycles. The smallest absolute Gasteiger partial charge is 0.249 e. The molecule has 0 radical (unpaired) electrons. The lowest BCUT2D eigenvalue weighted by molar-refractivity contribution is -0.126. The fraction of sp³-hybridized carbons (Fsp3) is 0.727. The van der Waals surface area contributed by atoms with Gasteiger partial charge in [0.25, 0.3) is 0 Å². The number of amides is 1. The van der Waals surface area contributed by atoms with Crippen molar-refractivity contribution in [2.75, 3.05) is 19.7 Å². The maximum Gasteiger partial charge on any atom is 0.249 e. The van der Waals surface area contributed by atoms with Crippen LogP contribution in [0.4, 0.5) is 0 Å². The third-order valence-corrected chi connectivity index (χ3v) is 2.68. The van der Waals surface area contributed by atoms with Gasteiger partial charge in [-0.15, -0.1) is 0 Å². The number of likely N-dealkylation sites (tertiary alicyclic amines) is 1. The Balaban J connectivity index is 2.51. The van der Waals surface area contributed by atoms with Gasteiger partial charge in [-0.25, -0.2) is 0 Å². The highest BCUT2D eigenvalue weighted by Crippen LogP contribution is 2.17. The van der Waals surface area contributed by atoms with Crippen molar-refractivity contribution in [1.29, 1.82) is 0 Å². The minimum atomic E-state index is 0.128. The van der Waals surface area contributed by atoms with Gasteiger partial charge in [-0.1, -0.05) is 13.0 Å². The minimum Gasteiger partial charge on any atom is -0.396 e. The molecule has 1 saturated heterocycles. The summed E-state index contributed by atoms with van der Waals surface area (Å²) in [5.74, 6) is 0.413. The average molecular weight is 197 g/mol. The average Bonchev–Trinajstić information content (AvgIpc) is 2.65. The van der Waals surface area contributed by atoms with Crippen molar-refractivity contribution >= 4 is 5.91 Å². The highest BCUT2D eigenvalue weighted by molar-refractivity contribution is 5.92. The zero-order chi connectivity index (χ0) is 10.6. The number of nitrogens with zero attached hydrogens (tertiary/aromatic N) is 1. The van der Waals surface area contributed by atoms with Gasteiger partial charge in [-0.3, -0.25) is 4.79 Å². The molecule has 1 N–H and O–H groups in total. The van der Waals surface area contributed by atoms with Crippen molar-refractivity contribution in [3.63, 3.8) is 0 Å². The molecule has 0 aromatic carbocycles. The summed E-state index contributed by atoms with van der Waals surface area (Å²) in [4.78, 5) is 13.6. The molecule has 3 heteroatoms. The van der Waals surface area contributed by atoms with E-state index >= 15 is 0 Å². The molecule has 80 valence electrons. The Labute approximate surface area is 85.4 Å². The lowest BCUT2D eigenvalue weighted by Crippen LogP contribution is -2.29. The van der Waals surface area contributed by atoms with Crippen LogP contribution >= 0.6 is 0 Å². The van der Waals surface area contributed by atoms with E-state index in [0.717, 1.165) is 25.0 Å². The van der Waals surface area contributed by atoms with Gasteiger partial charge in [0.05, 0.1) is 0 Å². The van der Waals surface area contributed by atoms with Crippen molar-refractivity contribution in [2.24, 2.45) is 5.92 Å². The number of carbonyl (C=O) groups is 1. The molecule has 0 aliphatic carbocycles. The Morgan fingerprint density at radius 1 is 1.64 bits per heavy atom. The topological polar surface area (TPSA) is 40.5 Å². The van der Waals surface area contributed by atoms with Gasteiger partial charge in [0.1, 0.15) is 0 Å². The van der Waals surface area contributed by atoms with Gasteiger partial charge >= 0.3 is 0 Å². The zero-order valence-corrected chi connectivity index (χ0v) is 8.99. The Kier molecular flexibility index (Phi) is 4.14. The van der Waals surface area contributed by atoms with Crippen LogP contribution in [-0.4, -0.2) is 35.6 Å². The molecule has 1 rings (SSSR count). The van der Waals surface area contributed by atoms with Gasteiger partial charge in [0, 0.05) is 31.2 Å². The van der Waals surface area contributed by atoms with Crippen LogP contribution < -0.4 is 0 Å². The summed E-state index contributed by atoms with van der Waals surface area (Å²) in [5.41, 5.74) is 0.825. The third kappa shape index (κ3) is 2.58. The minimum absolute atomic E-state index is 0.128. The summed E-state index contributed by atoms with van der Waals surface area (Å²) in [6, 6.07) is 0. The number of hydrogen-bond donors (Lipinski definition) is 1. The van der Waals surface area contributed by atoms with Crippen molar-refractivity contribution in [3.05, 3.63) is 11.6 Å². The van der Waals surface area contributed by atoms with Gasteiger partial charge in [0.15, 0.2) is 0 Å².